The number of ether oxygens (including phenoxy) is 2. The molecule has 0 bridgehead atoms. The lowest BCUT2D eigenvalue weighted by atomic mass is 9.76. The van der Waals surface area contributed by atoms with E-state index in [2.05, 4.69) is 4.98 Å². The molecule has 1 saturated heterocycles. The first-order chi connectivity index (χ1) is 15.0. The van der Waals surface area contributed by atoms with Crippen molar-refractivity contribution < 1.29 is 31.4 Å². The molecule has 32 heavy (non-hydrogen) atoms. The van der Waals surface area contributed by atoms with Gasteiger partial charge in [-0.2, -0.15) is 17.6 Å². The number of halogens is 5. The van der Waals surface area contributed by atoms with Crippen molar-refractivity contribution in [1.29, 1.82) is 0 Å². The standard InChI is InChI=1S/C23H20F5NO3/c1-11-18(13-8-9-14(24)19(25)20(13)31-3)21(32-22(11,2)23(26,27)28)16-10-17(30)12-6-4-5-7-15(12)29-16/h4-11,18,21H,1-3H3,(H,29,30)/t11-,18-,21-,22+/m0/s1. The highest BCUT2D eigenvalue weighted by Gasteiger charge is 2.65. The van der Waals surface area contributed by atoms with Gasteiger partial charge in [-0.15, -0.1) is 0 Å². The number of nitrogens with one attached hydrogen (secondary N) is 1. The third-order valence-corrected chi connectivity index (χ3v) is 6.38. The number of pyridine rings is 1. The zero-order valence-corrected chi connectivity index (χ0v) is 17.4. The van der Waals surface area contributed by atoms with Gasteiger partial charge in [0.25, 0.3) is 0 Å². The molecule has 0 amide bonds. The van der Waals surface area contributed by atoms with E-state index in [0.29, 0.717) is 10.9 Å². The van der Waals surface area contributed by atoms with Crippen molar-refractivity contribution in [3.63, 3.8) is 0 Å². The summed E-state index contributed by atoms with van der Waals surface area (Å²) >= 11 is 0. The van der Waals surface area contributed by atoms with Crippen LogP contribution in [-0.4, -0.2) is 23.9 Å². The molecule has 1 aliphatic rings. The molecular weight excluding hydrogens is 433 g/mol. The molecule has 0 unspecified atom stereocenters. The van der Waals surface area contributed by atoms with Crippen LogP contribution in [0.2, 0.25) is 0 Å². The van der Waals surface area contributed by atoms with Crippen LogP contribution in [0, 0.1) is 17.6 Å². The van der Waals surface area contributed by atoms with Gasteiger partial charge in [0.1, 0.15) is 6.10 Å². The van der Waals surface area contributed by atoms with Crippen LogP contribution in [0.1, 0.15) is 37.1 Å². The Morgan fingerprint density at radius 1 is 1.12 bits per heavy atom. The van der Waals surface area contributed by atoms with Crippen molar-refractivity contribution in [2.45, 2.75) is 37.6 Å². The van der Waals surface area contributed by atoms with E-state index in [1.54, 1.807) is 24.3 Å². The molecule has 170 valence electrons. The largest absolute Gasteiger partial charge is 0.493 e. The van der Waals surface area contributed by atoms with Gasteiger partial charge in [-0.05, 0) is 25.1 Å². The zero-order chi connectivity index (χ0) is 23.4. The second kappa shape index (κ2) is 7.58. The van der Waals surface area contributed by atoms with Crippen molar-refractivity contribution >= 4 is 10.9 Å². The molecule has 4 atom stereocenters. The van der Waals surface area contributed by atoms with Gasteiger partial charge in [-0.3, -0.25) is 4.79 Å². The van der Waals surface area contributed by atoms with Gasteiger partial charge >= 0.3 is 6.18 Å². The number of rotatable bonds is 3. The maximum atomic E-state index is 14.5. The second-order valence-electron chi connectivity index (χ2n) is 8.08. The topological polar surface area (TPSA) is 51.3 Å². The number of para-hydroxylation sites is 1. The van der Waals surface area contributed by atoms with Gasteiger partial charge in [-0.1, -0.05) is 25.1 Å². The van der Waals surface area contributed by atoms with Crippen LogP contribution in [0.4, 0.5) is 22.0 Å². The molecule has 0 saturated carbocycles. The van der Waals surface area contributed by atoms with E-state index in [1.165, 1.54) is 19.1 Å². The van der Waals surface area contributed by atoms with E-state index >= 15 is 0 Å². The molecule has 2 heterocycles. The predicted molar refractivity (Wildman–Crippen MR) is 108 cm³/mol. The normalized spacial score (nSPS) is 25.9. The van der Waals surface area contributed by atoms with Crippen LogP contribution in [0.5, 0.6) is 5.75 Å². The zero-order valence-electron chi connectivity index (χ0n) is 17.4. The number of hydrogen-bond acceptors (Lipinski definition) is 3. The van der Waals surface area contributed by atoms with Crippen LogP contribution >= 0.6 is 0 Å². The third-order valence-electron chi connectivity index (χ3n) is 6.38. The molecule has 4 rings (SSSR count). The average molecular weight is 453 g/mol. The van der Waals surface area contributed by atoms with Crippen molar-refractivity contribution in [2.24, 2.45) is 5.92 Å². The summed E-state index contributed by atoms with van der Waals surface area (Å²) in [5.41, 5.74) is -2.47. The molecule has 1 fully saturated rings. The Morgan fingerprint density at radius 3 is 2.47 bits per heavy atom. The maximum absolute atomic E-state index is 14.5. The average Bonchev–Trinajstić information content (AvgIpc) is 3.02. The summed E-state index contributed by atoms with van der Waals surface area (Å²) in [4.78, 5) is 15.6. The lowest BCUT2D eigenvalue weighted by Gasteiger charge is -2.32. The molecule has 2 aromatic carbocycles. The fourth-order valence-corrected chi connectivity index (χ4v) is 4.45. The molecule has 0 aliphatic carbocycles. The molecular formula is C23H20F5NO3. The number of fused-ring (bicyclic) bond motifs is 1. The fraction of sp³-hybridized carbons (Fsp3) is 0.348. The second-order valence-corrected chi connectivity index (χ2v) is 8.08. The molecule has 0 spiro atoms. The summed E-state index contributed by atoms with van der Waals surface area (Å²) in [6.07, 6.45) is -6.06. The van der Waals surface area contributed by atoms with Gasteiger partial charge in [-0.25, -0.2) is 4.39 Å². The quantitative estimate of drug-likeness (QED) is 0.524. The Balaban J connectivity index is 1.96. The smallest absolute Gasteiger partial charge is 0.417 e. The highest BCUT2D eigenvalue weighted by atomic mass is 19.4. The number of alkyl halides is 3. The van der Waals surface area contributed by atoms with Crippen molar-refractivity contribution in [1.82, 2.24) is 4.98 Å². The molecule has 1 aromatic heterocycles. The van der Waals surface area contributed by atoms with E-state index in [9.17, 15) is 26.7 Å². The van der Waals surface area contributed by atoms with Crippen LogP contribution in [-0.2, 0) is 4.74 Å². The molecule has 4 nitrogen and oxygen atoms in total. The summed E-state index contributed by atoms with van der Waals surface area (Å²) in [6, 6.07) is 9.76. The monoisotopic (exact) mass is 453 g/mol. The fourth-order valence-electron chi connectivity index (χ4n) is 4.45. The maximum Gasteiger partial charge on any atom is 0.417 e. The van der Waals surface area contributed by atoms with Gasteiger partial charge in [0.15, 0.2) is 22.6 Å². The van der Waals surface area contributed by atoms with E-state index in [1.807, 2.05) is 0 Å². The minimum atomic E-state index is -4.76. The van der Waals surface area contributed by atoms with Crippen LogP contribution in [0.15, 0.2) is 47.3 Å². The molecule has 1 aliphatic heterocycles. The number of aromatic nitrogens is 1. The molecule has 0 radical (unpaired) electrons. The van der Waals surface area contributed by atoms with Crippen LogP contribution in [0.25, 0.3) is 10.9 Å². The highest BCUT2D eigenvalue weighted by molar-refractivity contribution is 5.78. The number of H-pyrrole nitrogens is 1. The number of hydrogen-bond donors (Lipinski definition) is 1. The van der Waals surface area contributed by atoms with E-state index in [0.717, 1.165) is 20.1 Å². The summed E-state index contributed by atoms with van der Waals surface area (Å²) in [5.74, 6) is -5.30. The summed E-state index contributed by atoms with van der Waals surface area (Å²) in [7, 11) is 1.11. The highest BCUT2D eigenvalue weighted by Crippen LogP contribution is 2.59. The number of benzene rings is 2. The minimum absolute atomic E-state index is 0.0193. The van der Waals surface area contributed by atoms with Crippen LogP contribution in [0.3, 0.4) is 0 Å². The van der Waals surface area contributed by atoms with Crippen LogP contribution < -0.4 is 10.2 Å². The molecule has 1 N–H and O–H groups in total. The number of methoxy groups -OCH3 is 1. The minimum Gasteiger partial charge on any atom is -0.493 e. The van der Waals surface area contributed by atoms with Crippen molar-refractivity contribution in [2.75, 3.05) is 7.11 Å². The van der Waals surface area contributed by atoms with Gasteiger partial charge < -0.3 is 14.5 Å². The van der Waals surface area contributed by atoms with E-state index in [-0.39, 0.29) is 11.3 Å². The van der Waals surface area contributed by atoms with E-state index < -0.39 is 52.5 Å². The lowest BCUT2D eigenvalue weighted by Crippen LogP contribution is -2.46. The summed E-state index contributed by atoms with van der Waals surface area (Å²) in [5, 5.41) is 0.364. The Kier molecular flexibility index (Phi) is 5.27. The predicted octanol–water partition coefficient (Wildman–Crippen LogP) is 5.63. The van der Waals surface area contributed by atoms with Gasteiger partial charge in [0.05, 0.1) is 7.11 Å². The van der Waals surface area contributed by atoms with Gasteiger partial charge in [0.2, 0.25) is 5.82 Å². The SMILES string of the molecule is COc1c([C@H]2[C@H](c3cc(=O)c4ccccc4[nH]3)O[C@@](C)(C(F)(F)F)[C@H]2C)ccc(F)c1F. The third kappa shape index (κ3) is 3.26. The van der Waals surface area contributed by atoms with Crippen molar-refractivity contribution in [3.05, 3.63) is 75.6 Å². The van der Waals surface area contributed by atoms with Crippen molar-refractivity contribution in [3.8, 4) is 5.75 Å². The Bertz CT molecular complexity index is 1240. The number of aromatic amines is 1. The first-order valence-electron chi connectivity index (χ1n) is 9.88. The Hall–Kier alpha value is -2.94. The lowest BCUT2D eigenvalue weighted by molar-refractivity contribution is -0.275. The molecule has 3 aromatic rings. The summed E-state index contributed by atoms with van der Waals surface area (Å²) in [6.45, 7) is 2.24. The molecule has 9 heteroatoms. The Labute approximate surface area is 180 Å². The summed E-state index contributed by atoms with van der Waals surface area (Å²) < 4.78 is 81.1. The van der Waals surface area contributed by atoms with Gasteiger partial charge in [0, 0.05) is 40.1 Å². The first kappa shape index (κ1) is 22.3. The Morgan fingerprint density at radius 2 is 1.81 bits per heavy atom. The van der Waals surface area contributed by atoms with E-state index in [4.69, 9.17) is 9.47 Å². The first-order valence-corrected chi connectivity index (χ1v) is 9.88.